The van der Waals surface area contributed by atoms with E-state index in [1.54, 1.807) is 0 Å². The summed E-state index contributed by atoms with van der Waals surface area (Å²) >= 11 is 0. The van der Waals surface area contributed by atoms with Crippen molar-refractivity contribution in [3.05, 3.63) is 0 Å². The van der Waals surface area contributed by atoms with Gasteiger partial charge < -0.3 is 5.43 Å². The largest absolute Gasteiger partial charge is 0.392 e. The first-order valence-corrected chi connectivity index (χ1v) is 8.13. The normalized spacial score (nSPS) is 30.0. The van der Waals surface area contributed by atoms with Crippen molar-refractivity contribution in [3.8, 4) is 0 Å². The number of hydrazine groups is 1. The van der Waals surface area contributed by atoms with Crippen LogP contribution < -0.4 is 11.3 Å². The minimum atomic E-state index is -4.16. The number of aliphatic imine (C=N–C) groups is 1. The zero-order valence-corrected chi connectivity index (χ0v) is 12.5. The average Bonchev–Trinajstić information content (AvgIpc) is 2.72. The minimum Gasteiger partial charge on any atom is -0.312 e. The van der Waals surface area contributed by atoms with Gasteiger partial charge in [0.15, 0.2) is 0 Å². The third kappa shape index (κ3) is 4.59. The molecule has 2 atom stereocenters. The molecular weight excluding hydrogens is 279 g/mol. The molecule has 2 unspecified atom stereocenters. The fourth-order valence-corrected chi connectivity index (χ4v) is 3.67. The van der Waals surface area contributed by atoms with Gasteiger partial charge in [0.1, 0.15) is 5.84 Å². The van der Waals surface area contributed by atoms with Crippen molar-refractivity contribution in [2.45, 2.75) is 76.4 Å². The van der Waals surface area contributed by atoms with E-state index in [4.69, 9.17) is 5.84 Å². The average molecular weight is 305 g/mol. The van der Waals surface area contributed by atoms with Gasteiger partial charge in [0.25, 0.3) is 0 Å². The summed E-state index contributed by atoms with van der Waals surface area (Å²) in [5.41, 5.74) is 2.49. The maximum absolute atomic E-state index is 13.2. The van der Waals surface area contributed by atoms with Crippen LogP contribution in [0.2, 0.25) is 0 Å². The number of rotatable bonds is 2. The number of nitrogens with two attached hydrogens (primary N) is 1. The summed E-state index contributed by atoms with van der Waals surface area (Å²) in [5, 5.41) is 0. The summed E-state index contributed by atoms with van der Waals surface area (Å²) in [5.74, 6) is 4.01. The van der Waals surface area contributed by atoms with Crippen molar-refractivity contribution >= 4 is 5.84 Å². The fraction of sp³-hybridized carbons (Fsp3) is 0.933. The Labute approximate surface area is 124 Å². The molecule has 0 aromatic heterocycles. The topological polar surface area (TPSA) is 50.4 Å². The van der Waals surface area contributed by atoms with Crippen LogP contribution in [0.1, 0.15) is 64.2 Å². The van der Waals surface area contributed by atoms with Gasteiger partial charge in [-0.05, 0) is 25.7 Å². The van der Waals surface area contributed by atoms with E-state index in [9.17, 15) is 13.2 Å². The second-order valence-corrected chi connectivity index (χ2v) is 6.34. The zero-order valence-electron chi connectivity index (χ0n) is 12.5. The number of alkyl halides is 3. The molecule has 0 bridgehead atoms. The molecule has 2 saturated carbocycles. The van der Waals surface area contributed by atoms with Gasteiger partial charge in [-0.3, -0.25) is 4.99 Å². The standard InChI is InChI=1S/C15H26F3N3/c16-15(17,18)13-10-6-5-9-12(13)14(21-19)20-11-7-3-1-2-4-8-11/h11-13H,1-10,19H2,(H,20,21). The highest BCUT2D eigenvalue weighted by Gasteiger charge is 2.47. The molecule has 2 rings (SSSR count). The Balaban J connectivity index is 2.13. The molecule has 0 heterocycles. The molecule has 2 fully saturated rings. The minimum absolute atomic E-state index is 0.134. The molecule has 0 aliphatic heterocycles. The molecule has 0 aromatic carbocycles. The Hall–Kier alpha value is -0.780. The molecule has 0 aromatic rings. The molecule has 2 aliphatic rings. The third-order valence-corrected chi connectivity index (χ3v) is 4.83. The van der Waals surface area contributed by atoms with Gasteiger partial charge in [-0.25, -0.2) is 5.84 Å². The van der Waals surface area contributed by atoms with Gasteiger partial charge in [0.2, 0.25) is 0 Å². The van der Waals surface area contributed by atoms with E-state index in [0.717, 1.165) is 32.1 Å². The molecule has 6 heteroatoms. The number of hydrogen-bond acceptors (Lipinski definition) is 2. The van der Waals surface area contributed by atoms with Crippen LogP contribution in [0.4, 0.5) is 13.2 Å². The van der Waals surface area contributed by atoms with Gasteiger partial charge in [-0.2, -0.15) is 13.2 Å². The lowest BCUT2D eigenvalue weighted by Gasteiger charge is -2.34. The molecule has 2 aliphatic carbocycles. The first-order valence-electron chi connectivity index (χ1n) is 8.13. The molecule has 0 radical (unpaired) electrons. The molecule has 21 heavy (non-hydrogen) atoms. The van der Waals surface area contributed by atoms with E-state index >= 15 is 0 Å². The molecule has 122 valence electrons. The number of nitrogens with zero attached hydrogens (tertiary/aromatic N) is 1. The van der Waals surface area contributed by atoms with Crippen molar-refractivity contribution in [1.29, 1.82) is 0 Å². The Morgan fingerprint density at radius 1 is 0.905 bits per heavy atom. The van der Waals surface area contributed by atoms with E-state index in [1.807, 2.05) is 0 Å². The number of nitrogens with one attached hydrogen (secondary N) is 1. The van der Waals surface area contributed by atoms with Crippen LogP contribution in [0.5, 0.6) is 0 Å². The van der Waals surface area contributed by atoms with Crippen LogP contribution in [-0.2, 0) is 0 Å². The zero-order chi connectivity index (χ0) is 15.3. The van der Waals surface area contributed by atoms with Crippen LogP contribution in [0.15, 0.2) is 4.99 Å². The predicted octanol–water partition coefficient (Wildman–Crippen LogP) is 3.94. The number of halogens is 3. The molecule has 3 N–H and O–H groups in total. The van der Waals surface area contributed by atoms with E-state index in [0.29, 0.717) is 18.7 Å². The van der Waals surface area contributed by atoms with Crippen LogP contribution >= 0.6 is 0 Å². The Morgan fingerprint density at radius 2 is 1.48 bits per heavy atom. The lowest BCUT2D eigenvalue weighted by Crippen LogP contribution is -2.45. The summed E-state index contributed by atoms with van der Waals surface area (Å²) in [4.78, 5) is 4.58. The first-order chi connectivity index (χ1) is 10.0. The lowest BCUT2D eigenvalue weighted by atomic mass is 9.78. The molecule has 0 amide bonds. The number of amidine groups is 1. The highest BCUT2D eigenvalue weighted by Crippen LogP contribution is 2.42. The molecule has 3 nitrogen and oxygen atoms in total. The highest BCUT2D eigenvalue weighted by molar-refractivity contribution is 5.84. The van der Waals surface area contributed by atoms with E-state index in [2.05, 4.69) is 10.4 Å². The van der Waals surface area contributed by atoms with Gasteiger partial charge in [-0.15, -0.1) is 0 Å². The second-order valence-electron chi connectivity index (χ2n) is 6.34. The maximum Gasteiger partial charge on any atom is 0.392 e. The lowest BCUT2D eigenvalue weighted by molar-refractivity contribution is -0.189. The van der Waals surface area contributed by atoms with Crippen molar-refractivity contribution in [2.75, 3.05) is 0 Å². The summed E-state index contributed by atoms with van der Waals surface area (Å²) in [7, 11) is 0. The summed E-state index contributed by atoms with van der Waals surface area (Å²) in [6, 6.07) is 0.134. The van der Waals surface area contributed by atoms with Crippen molar-refractivity contribution in [1.82, 2.24) is 5.43 Å². The second kappa shape index (κ2) is 7.47. The van der Waals surface area contributed by atoms with Crippen molar-refractivity contribution in [3.63, 3.8) is 0 Å². The highest BCUT2D eigenvalue weighted by atomic mass is 19.4. The predicted molar refractivity (Wildman–Crippen MR) is 77.8 cm³/mol. The Bertz CT molecular complexity index is 347. The van der Waals surface area contributed by atoms with Gasteiger partial charge in [-0.1, -0.05) is 38.5 Å². The van der Waals surface area contributed by atoms with Gasteiger partial charge in [0.05, 0.1) is 12.0 Å². The van der Waals surface area contributed by atoms with E-state index in [-0.39, 0.29) is 12.5 Å². The fourth-order valence-electron chi connectivity index (χ4n) is 3.67. The van der Waals surface area contributed by atoms with E-state index < -0.39 is 18.0 Å². The molecular formula is C15H26F3N3. The van der Waals surface area contributed by atoms with E-state index in [1.165, 1.54) is 12.8 Å². The molecule has 0 saturated heterocycles. The Morgan fingerprint density at radius 3 is 2.05 bits per heavy atom. The third-order valence-electron chi connectivity index (χ3n) is 4.83. The van der Waals surface area contributed by atoms with Gasteiger partial charge >= 0.3 is 6.18 Å². The summed E-state index contributed by atoms with van der Waals surface area (Å²) in [6.07, 6.45) is 4.58. The van der Waals surface area contributed by atoms with Crippen molar-refractivity contribution in [2.24, 2.45) is 22.7 Å². The first kappa shape index (κ1) is 16.6. The monoisotopic (exact) mass is 305 g/mol. The number of hydrogen-bond donors (Lipinski definition) is 2. The smallest absolute Gasteiger partial charge is 0.312 e. The SMILES string of the molecule is NNC(=NC1CCCCCC1)C1CCCCC1C(F)(F)F. The summed E-state index contributed by atoms with van der Waals surface area (Å²) < 4.78 is 39.6. The maximum atomic E-state index is 13.2. The van der Waals surface area contributed by atoms with Crippen LogP contribution in [0, 0.1) is 11.8 Å². The van der Waals surface area contributed by atoms with Crippen molar-refractivity contribution < 1.29 is 13.2 Å². The van der Waals surface area contributed by atoms with Crippen LogP contribution in [0.3, 0.4) is 0 Å². The Kier molecular flexibility index (Phi) is 5.90. The quantitative estimate of drug-likeness (QED) is 0.267. The van der Waals surface area contributed by atoms with Crippen LogP contribution in [0.25, 0.3) is 0 Å². The molecule has 0 spiro atoms. The van der Waals surface area contributed by atoms with Gasteiger partial charge in [0, 0.05) is 5.92 Å². The van der Waals surface area contributed by atoms with Crippen LogP contribution in [-0.4, -0.2) is 18.1 Å². The summed E-state index contributed by atoms with van der Waals surface area (Å²) in [6.45, 7) is 0.